The minimum absolute atomic E-state index is 0.0553. The first-order chi connectivity index (χ1) is 5.88. The van der Waals surface area contributed by atoms with Gasteiger partial charge in [-0.15, -0.1) is 11.3 Å². The summed E-state index contributed by atoms with van der Waals surface area (Å²) in [6.07, 6.45) is 2.66. The summed E-state index contributed by atoms with van der Waals surface area (Å²) in [5.41, 5.74) is 5.34. The summed E-state index contributed by atoms with van der Waals surface area (Å²) in [5, 5.41) is 0.519. The van der Waals surface area contributed by atoms with E-state index >= 15 is 0 Å². The average Bonchev–Trinajstić information content (AvgIpc) is 2.31. The van der Waals surface area contributed by atoms with E-state index in [2.05, 4.69) is 4.98 Å². The topological polar surface area (TPSA) is 73.0 Å². The molecular weight excluding hydrogens is 228 g/mol. The van der Waals surface area contributed by atoms with Crippen LogP contribution in [0, 0.1) is 0 Å². The molecule has 1 aromatic rings. The molecule has 7 heteroatoms. The molecule has 0 amide bonds. The van der Waals surface area contributed by atoms with E-state index in [-0.39, 0.29) is 10.7 Å². The molecule has 0 aliphatic carbocycles. The van der Waals surface area contributed by atoms with Gasteiger partial charge in [-0.1, -0.05) is 12.2 Å². The fraction of sp³-hybridized carbons (Fsp3) is 0.333. The molecule has 1 heterocycles. The van der Waals surface area contributed by atoms with Crippen molar-refractivity contribution in [3.8, 4) is 0 Å². The van der Waals surface area contributed by atoms with Gasteiger partial charge < -0.3 is 5.73 Å². The Kier molecular flexibility index (Phi) is 2.99. The summed E-state index contributed by atoms with van der Waals surface area (Å²) < 4.78 is 21.8. The Labute approximate surface area is 85.7 Å². The summed E-state index contributed by atoms with van der Waals surface area (Å²) in [5.74, 6) is -0.0553. The molecule has 0 spiro atoms. The van der Waals surface area contributed by atoms with Crippen molar-refractivity contribution in [2.24, 2.45) is 5.73 Å². The fourth-order valence-corrected chi connectivity index (χ4v) is 2.86. The van der Waals surface area contributed by atoms with Crippen LogP contribution in [-0.4, -0.2) is 24.6 Å². The van der Waals surface area contributed by atoms with Crippen molar-refractivity contribution in [1.29, 1.82) is 0 Å². The SMILES string of the molecule is CS(=O)(=O)Cc1ncc(C(N)=S)s1. The first-order valence-corrected chi connectivity index (χ1v) is 6.59. The lowest BCUT2D eigenvalue weighted by Gasteiger charge is -1.91. The second kappa shape index (κ2) is 3.69. The smallest absolute Gasteiger partial charge is 0.153 e. The number of sulfone groups is 1. The molecule has 4 nitrogen and oxygen atoms in total. The van der Waals surface area contributed by atoms with E-state index in [0.717, 1.165) is 6.26 Å². The molecule has 0 fully saturated rings. The molecule has 13 heavy (non-hydrogen) atoms. The number of aromatic nitrogens is 1. The Morgan fingerprint density at radius 1 is 1.77 bits per heavy atom. The molecule has 1 rings (SSSR count). The maximum Gasteiger partial charge on any atom is 0.153 e. The lowest BCUT2D eigenvalue weighted by Crippen LogP contribution is -2.06. The molecule has 0 aliphatic rings. The zero-order valence-corrected chi connectivity index (χ0v) is 9.30. The molecule has 0 saturated heterocycles. The Balaban J connectivity index is 2.87. The van der Waals surface area contributed by atoms with E-state index in [1.54, 1.807) is 0 Å². The number of nitrogens with two attached hydrogens (primary N) is 1. The minimum atomic E-state index is -3.03. The Morgan fingerprint density at radius 3 is 2.77 bits per heavy atom. The maximum absolute atomic E-state index is 10.9. The van der Waals surface area contributed by atoms with Gasteiger partial charge in [0.15, 0.2) is 9.84 Å². The largest absolute Gasteiger partial charge is 0.389 e. The van der Waals surface area contributed by atoms with Crippen molar-refractivity contribution in [3.05, 3.63) is 16.1 Å². The lowest BCUT2D eigenvalue weighted by molar-refractivity contribution is 0.601. The van der Waals surface area contributed by atoms with E-state index in [1.165, 1.54) is 17.5 Å². The van der Waals surface area contributed by atoms with Crippen molar-refractivity contribution in [2.75, 3.05) is 6.26 Å². The highest BCUT2D eigenvalue weighted by atomic mass is 32.2. The molecule has 1 aromatic heterocycles. The van der Waals surface area contributed by atoms with Crippen LogP contribution in [-0.2, 0) is 15.6 Å². The fourth-order valence-electron chi connectivity index (χ4n) is 0.715. The third-order valence-electron chi connectivity index (χ3n) is 1.18. The standard InChI is InChI=1S/C6H8N2O2S3/c1-13(9,10)3-5-8-2-4(12-5)6(7)11/h2H,3H2,1H3,(H2,7,11). The molecule has 0 aromatic carbocycles. The summed E-state index contributed by atoms with van der Waals surface area (Å²) in [7, 11) is -3.03. The number of hydrogen-bond acceptors (Lipinski definition) is 5. The van der Waals surface area contributed by atoms with Crippen molar-refractivity contribution in [2.45, 2.75) is 5.75 Å². The molecule has 72 valence electrons. The van der Waals surface area contributed by atoms with E-state index in [1.807, 2.05) is 0 Å². The summed E-state index contributed by atoms with van der Waals surface area (Å²) in [4.78, 5) is 4.79. The average molecular weight is 236 g/mol. The van der Waals surface area contributed by atoms with Gasteiger partial charge in [0, 0.05) is 12.5 Å². The van der Waals surface area contributed by atoms with Crippen molar-refractivity contribution in [3.63, 3.8) is 0 Å². The van der Waals surface area contributed by atoms with Crippen LogP contribution in [0.4, 0.5) is 0 Å². The van der Waals surface area contributed by atoms with Crippen LogP contribution in [0.15, 0.2) is 6.20 Å². The number of rotatable bonds is 3. The van der Waals surface area contributed by atoms with Crippen LogP contribution in [0.1, 0.15) is 9.88 Å². The summed E-state index contributed by atoms with van der Waals surface area (Å²) in [6.45, 7) is 0. The van der Waals surface area contributed by atoms with E-state index < -0.39 is 9.84 Å². The molecule has 0 atom stereocenters. The Bertz CT molecular complexity index is 421. The highest BCUT2D eigenvalue weighted by Crippen LogP contribution is 2.14. The zero-order chi connectivity index (χ0) is 10.1. The van der Waals surface area contributed by atoms with Gasteiger partial charge in [-0.25, -0.2) is 13.4 Å². The quantitative estimate of drug-likeness (QED) is 0.765. The third kappa shape index (κ3) is 3.37. The van der Waals surface area contributed by atoms with Gasteiger partial charge in [-0.3, -0.25) is 0 Å². The normalized spacial score (nSPS) is 11.5. The molecule has 0 saturated carbocycles. The lowest BCUT2D eigenvalue weighted by atomic mass is 10.6. The zero-order valence-electron chi connectivity index (χ0n) is 6.85. The highest BCUT2D eigenvalue weighted by molar-refractivity contribution is 7.90. The molecule has 0 unspecified atom stereocenters. The van der Waals surface area contributed by atoms with Crippen LogP contribution in [0.25, 0.3) is 0 Å². The number of thiazole rings is 1. The highest BCUT2D eigenvalue weighted by Gasteiger charge is 2.09. The van der Waals surface area contributed by atoms with Gasteiger partial charge in [0.2, 0.25) is 0 Å². The van der Waals surface area contributed by atoms with Gasteiger partial charge in [-0.2, -0.15) is 0 Å². The number of nitrogens with zero attached hydrogens (tertiary/aromatic N) is 1. The van der Waals surface area contributed by atoms with Gasteiger partial charge in [0.1, 0.15) is 15.7 Å². The van der Waals surface area contributed by atoms with Gasteiger partial charge in [-0.05, 0) is 0 Å². The molecule has 0 bridgehead atoms. The molecule has 0 aliphatic heterocycles. The van der Waals surface area contributed by atoms with E-state index in [9.17, 15) is 8.42 Å². The summed E-state index contributed by atoms with van der Waals surface area (Å²) in [6, 6.07) is 0. The van der Waals surface area contributed by atoms with Crippen molar-refractivity contribution < 1.29 is 8.42 Å². The van der Waals surface area contributed by atoms with Gasteiger partial charge >= 0.3 is 0 Å². The summed E-state index contributed by atoms with van der Waals surface area (Å²) >= 11 is 5.93. The van der Waals surface area contributed by atoms with Crippen LogP contribution >= 0.6 is 23.6 Å². The van der Waals surface area contributed by atoms with E-state index in [4.69, 9.17) is 18.0 Å². The van der Waals surface area contributed by atoms with Crippen molar-refractivity contribution in [1.82, 2.24) is 4.98 Å². The molecular formula is C6H8N2O2S3. The van der Waals surface area contributed by atoms with Crippen LogP contribution in [0.2, 0.25) is 0 Å². The first-order valence-electron chi connectivity index (χ1n) is 3.31. The third-order valence-corrected chi connectivity index (χ3v) is 3.54. The number of hydrogen-bond donors (Lipinski definition) is 1. The predicted octanol–water partition coefficient (Wildman–Crippen LogP) is 0.322. The number of thiocarbonyl (C=S) groups is 1. The van der Waals surface area contributed by atoms with Gasteiger partial charge in [0.25, 0.3) is 0 Å². The van der Waals surface area contributed by atoms with Crippen LogP contribution < -0.4 is 5.73 Å². The Hall–Kier alpha value is -0.530. The van der Waals surface area contributed by atoms with Gasteiger partial charge in [0.05, 0.1) is 4.88 Å². The maximum atomic E-state index is 10.9. The van der Waals surface area contributed by atoms with Crippen LogP contribution in [0.3, 0.4) is 0 Å². The van der Waals surface area contributed by atoms with Crippen molar-refractivity contribution >= 4 is 38.4 Å². The monoisotopic (exact) mass is 236 g/mol. The van der Waals surface area contributed by atoms with Crippen LogP contribution in [0.5, 0.6) is 0 Å². The predicted molar refractivity (Wildman–Crippen MR) is 56.5 cm³/mol. The minimum Gasteiger partial charge on any atom is -0.389 e. The second-order valence-electron chi connectivity index (χ2n) is 2.55. The Morgan fingerprint density at radius 2 is 2.38 bits per heavy atom. The molecule has 2 N–H and O–H groups in total. The second-order valence-corrected chi connectivity index (χ2v) is 6.25. The van der Waals surface area contributed by atoms with E-state index in [0.29, 0.717) is 9.88 Å². The molecule has 0 radical (unpaired) electrons. The first kappa shape index (κ1) is 10.6.